The lowest BCUT2D eigenvalue weighted by atomic mass is 10.1. The van der Waals surface area contributed by atoms with Crippen LogP contribution < -0.4 is 4.74 Å². The first-order valence-electron chi connectivity index (χ1n) is 5.79. The zero-order valence-corrected chi connectivity index (χ0v) is 14.1. The van der Waals surface area contributed by atoms with Crippen molar-refractivity contribution in [3.05, 3.63) is 27.1 Å². The van der Waals surface area contributed by atoms with Gasteiger partial charge in [0.2, 0.25) is 0 Å². The Morgan fingerprint density at radius 2 is 2.25 bits per heavy atom. The highest BCUT2D eigenvalue weighted by molar-refractivity contribution is 9.10. The summed E-state index contributed by atoms with van der Waals surface area (Å²) in [4.78, 5) is 14.1. The van der Waals surface area contributed by atoms with Crippen LogP contribution in [0, 0.1) is 0 Å². The first kappa shape index (κ1) is 15.3. The van der Waals surface area contributed by atoms with Gasteiger partial charge in [0, 0.05) is 16.6 Å². The minimum absolute atomic E-state index is 0.00235. The van der Waals surface area contributed by atoms with Crippen molar-refractivity contribution in [3.8, 4) is 11.5 Å². The molecule has 4 nitrogen and oxygen atoms in total. The second-order valence-electron chi connectivity index (χ2n) is 3.97. The summed E-state index contributed by atoms with van der Waals surface area (Å²) in [5.74, 6) is 0.204. The number of halogens is 1. The van der Waals surface area contributed by atoms with E-state index in [0.29, 0.717) is 27.1 Å². The first-order valence-corrected chi connectivity index (χ1v) is 7.81. The van der Waals surface area contributed by atoms with Gasteiger partial charge in [0.05, 0.1) is 12.0 Å². The monoisotopic (exact) mass is 373 g/mol. The number of carbonyl (C=O) groups excluding carboxylic acids is 1. The van der Waals surface area contributed by atoms with E-state index >= 15 is 0 Å². The topological polar surface area (TPSA) is 49.8 Å². The van der Waals surface area contributed by atoms with Crippen molar-refractivity contribution in [3.63, 3.8) is 0 Å². The van der Waals surface area contributed by atoms with Crippen molar-refractivity contribution in [2.45, 2.75) is 6.92 Å². The molecule has 0 atom stereocenters. The summed E-state index contributed by atoms with van der Waals surface area (Å²) in [6.07, 6.45) is 1.62. The number of likely N-dealkylation sites (N-methyl/N-ethyl adjacent to an activating group) is 1. The van der Waals surface area contributed by atoms with E-state index in [0.717, 1.165) is 4.47 Å². The molecule has 2 rings (SSSR count). The number of ether oxygens (including phenoxy) is 1. The maximum absolute atomic E-state index is 12.1. The number of nitrogens with zero attached hydrogens (tertiary/aromatic N) is 1. The molecule has 0 bridgehead atoms. The zero-order chi connectivity index (χ0) is 14.9. The molecule has 0 spiro atoms. The van der Waals surface area contributed by atoms with Crippen molar-refractivity contribution in [2.24, 2.45) is 0 Å². The molecule has 1 aliphatic heterocycles. The third kappa shape index (κ3) is 2.84. The Hall–Kier alpha value is -1.05. The molecule has 0 aliphatic carbocycles. The third-order valence-electron chi connectivity index (χ3n) is 2.77. The van der Waals surface area contributed by atoms with E-state index in [4.69, 9.17) is 17.0 Å². The summed E-state index contributed by atoms with van der Waals surface area (Å²) in [5, 5.41) is 10.1. The molecule has 0 radical (unpaired) electrons. The van der Waals surface area contributed by atoms with Gasteiger partial charge in [-0.15, -0.1) is 0 Å². The molecule has 1 aromatic rings. The van der Waals surface area contributed by atoms with Gasteiger partial charge in [-0.3, -0.25) is 9.69 Å². The van der Waals surface area contributed by atoms with Gasteiger partial charge in [-0.1, -0.05) is 39.9 Å². The zero-order valence-electron chi connectivity index (χ0n) is 10.8. The number of methoxy groups -OCH3 is 1. The average Bonchev–Trinajstić information content (AvgIpc) is 2.67. The Morgan fingerprint density at radius 3 is 2.80 bits per heavy atom. The van der Waals surface area contributed by atoms with Crippen LogP contribution in [0.2, 0.25) is 0 Å². The van der Waals surface area contributed by atoms with Crippen molar-refractivity contribution in [1.29, 1.82) is 0 Å². The third-order valence-corrected chi connectivity index (χ3v) is 4.60. The van der Waals surface area contributed by atoms with Gasteiger partial charge in [-0.25, -0.2) is 0 Å². The number of amides is 1. The smallest absolute Gasteiger partial charge is 0.266 e. The molecule has 0 aromatic heterocycles. The normalized spacial score (nSPS) is 17.1. The van der Waals surface area contributed by atoms with E-state index in [-0.39, 0.29) is 11.7 Å². The lowest BCUT2D eigenvalue weighted by Gasteiger charge is -2.10. The quantitative estimate of drug-likeness (QED) is 0.649. The SMILES string of the molecule is CCN1C(=O)/C(=C\c2cc(Br)cc(OC)c2O)SC1=S. The molecular weight excluding hydrogens is 362 g/mol. The summed E-state index contributed by atoms with van der Waals surface area (Å²) >= 11 is 9.72. The van der Waals surface area contributed by atoms with E-state index in [1.165, 1.54) is 23.8 Å². The molecule has 0 unspecified atom stereocenters. The fourth-order valence-corrected chi connectivity index (χ4v) is 3.60. The Bertz CT molecular complexity index is 616. The Morgan fingerprint density at radius 1 is 1.55 bits per heavy atom. The van der Waals surface area contributed by atoms with E-state index in [1.54, 1.807) is 18.2 Å². The highest BCUT2D eigenvalue weighted by Gasteiger charge is 2.30. The molecule has 1 amide bonds. The predicted octanol–water partition coefficient (Wildman–Crippen LogP) is 3.38. The Kier molecular flexibility index (Phi) is 4.72. The summed E-state index contributed by atoms with van der Waals surface area (Å²) < 4.78 is 6.37. The van der Waals surface area contributed by atoms with Crippen LogP contribution in [0.5, 0.6) is 11.5 Å². The van der Waals surface area contributed by atoms with Crippen LogP contribution in [0.1, 0.15) is 12.5 Å². The lowest BCUT2D eigenvalue weighted by molar-refractivity contribution is -0.121. The van der Waals surface area contributed by atoms with Gasteiger partial charge >= 0.3 is 0 Å². The number of thiocarbonyl (C=S) groups is 1. The summed E-state index contributed by atoms with van der Waals surface area (Å²) in [6.45, 7) is 2.41. The van der Waals surface area contributed by atoms with Crippen molar-refractivity contribution in [2.75, 3.05) is 13.7 Å². The molecule has 0 saturated carbocycles. The number of thioether (sulfide) groups is 1. The largest absolute Gasteiger partial charge is 0.504 e. The molecule has 20 heavy (non-hydrogen) atoms. The minimum atomic E-state index is -0.138. The van der Waals surface area contributed by atoms with Crippen LogP contribution in [-0.2, 0) is 4.79 Å². The lowest BCUT2D eigenvalue weighted by Crippen LogP contribution is -2.27. The van der Waals surface area contributed by atoms with Gasteiger partial charge in [0.25, 0.3) is 5.91 Å². The molecule has 1 saturated heterocycles. The fourth-order valence-electron chi connectivity index (χ4n) is 1.77. The van der Waals surface area contributed by atoms with E-state index in [1.807, 2.05) is 6.92 Å². The van der Waals surface area contributed by atoms with Gasteiger partial charge in [-0.2, -0.15) is 0 Å². The molecule has 1 aromatic carbocycles. The van der Waals surface area contributed by atoms with Gasteiger partial charge in [0.15, 0.2) is 11.5 Å². The number of phenols is 1. The maximum Gasteiger partial charge on any atom is 0.266 e. The minimum Gasteiger partial charge on any atom is -0.504 e. The Labute approximate surface area is 134 Å². The number of carbonyl (C=O) groups is 1. The van der Waals surface area contributed by atoms with Crippen LogP contribution in [-0.4, -0.2) is 33.9 Å². The number of phenolic OH excluding ortho intramolecular Hbond substituents is 1. The summed E-state index contributed by atoms with van der Waals surface area (Å²) in [6, 6.07) is 3.38. The maximum atomic E-state index is 12.1. The molecule has 106 valence electrons. The average molecular weight is 374 g/mol. The number of hydrogen-bond donors (Lipinski definition) is 1. The van der Waals surface area contributed by atoms with Crippen LogP contribution in [0.25, 0.3) is 6.08 Å². The highest BCUT2D eigenvalue weighted by atomic mass is 79.9. The van der Waals surface area contributed by atoms with Gasteiger partial charge in [-0.05, 0) is 25.1 Å². The van der Waals surface area contributed by atoms with Crippen molar-refractivity contribution < 1.29 is 14.6 Å². The van der Waals surface area contributed by atoms with Crippen LogP contribution in [0.3, 0.4) is 0 Å². The summed E-state index contributed by atoms with van der Waals surface area (Å²) in [5.41, 5.74) is 0.507. The second-order valence-corrected chi connectivity index (χ2v) is 6.56. The fraction of sp³-hybridized carbons (Fsp3) is 0.231. The summed E-state index contributed by atoms with van der Waals surface area (Å²) in [7, 11) is 1.47. The molecule has 1 fully saturated rings. The van der Waals surface area contributed by atoms with E-state index in [2.05, 4.69) is 15.9 Å². The number of benzene rings is 1. The number of aromatic hydroxyl groups is 1. The highest BCUT2D eigenvalue weighted by Crippen LogP contribution is 2.38. The molecular formula is C13H12BrNO3S2. The first-order chi connectivity index (χ1) is 9.47. The van der Waals surface area contributed by atoms with Crippen LogP contribution in [0.15, 0.2) is 21.5 Å². The van der Waals surface area contributed by atoms with Crippen molar-refractivity contribution >= 4 is 56.2 Å². The van der Waals surface area contributed by atoms with Gasteiger partial charge < -0.3 is 9.84 Å². The molecule has 1 N–H and O–H groups in total. The van der Waals surface area contributed by atoms with E-state index in [9.17, 15) is 9.90 Å². The molecule has 1 aliphatic rings. The van der Waals surface area contributed by atoms with Gasteiger partial charge in [0.1, 0.15) is 4.32 Å². The number of hydrogen-bond acceptors (Lipinski definition) is 5. The standard InChI is InChI=1S/C13H12BrNO3S2/c1-3-15-12(17)10(20-13(15)19)5-7-4-8(14)6-9(18-2)11(7)16/h4-6,16H,3H2,1-2H3/b10-5+. The second kappa shape index (κ2) is 6.15. The van der Waals surface area contributed by atoms with Crippen LogP contribution >= 0.6 is 39.9 Å². The van der Waals surface area contributed by atoms with E-state index < -0.39 is 0 Å². The molecule has 7 heteroatoms. The molecule has 1 heterocycles. The predicted molar refractivity (Wildman–Crippen MR) is 87.9 cm³/mol. The van der Waals surface area contributed by atoms with Crippen LogP contribution in [0.4, 0.5) is 0 Å². The van der Waals surface area contributed by atoms with Crippen molar-refractivity contribution in [1.82, 2.24) is 4.90 Å². The Balaban J connectivity index is 2.44. The number of rotatable bonds is 3.